The summed E-state index contributed by atoms with van der Waals surface area (Å²) in [4.78, 5) is 2.55. The highest BCUT2D eigenvalue weighted by molar-refractivity contribution is 5.07. The van der Waals surface area contributed by atoms with Gasteiger partial charge in [0.05, 0.1) is 13.1 Å². The van der Waals surface area contributed by atoms with Crippen molar-refractivity contribution >= 4 is 0 Å². The molecule has 3 heteroatoms. The number of hydrogen-bond donors (Lipinski definition) is 1. The van der Waals surface area contributed by atoms with Gasteiger partial charge in [-0.05, 0) is 50.3 Å². The highest BCUT2D eigenvalue weighted by Crippen LogP contribution is 2.22. The summed E-state index contributed by atoms with van der Waals surface area (Å²) in [6.07, 6.45) is 6.72. The van der Waals surface area contributed by atoms with E-state index in [4.69, 9.17) is 4.42 Å². The number of nitrogens with one attached hydrogen (secondary N) is 1. The Labute approximate surface area is 116 Å². The average molecular weight is 262 g/mol. The highest BCUT2D eigenvalue weighted by atomic mass is 16.3. The van der Waals surface area contributed by atoms with Crippen molar-refractivity contribution in [1.29, 1.82) is 0 Å². The van der Waals surface area contributed by atoms with Gasteiger partial charge >= 0.3 is 0 Å². The number of likely N-dealkylation sites (tertiary alicyclic amines) is 1. The van der Waals surface area contributed by atoms with Gasteiger partial charge in [0.15, 0.2) is 0 Å². The van der Waals surface area contributed by atoms with Gasteiger partial charge in [-0.15, -0.1) is 0 Å². The molecule has 1 aliphatic heterocycles. The van der Waals surface area contributed by atoms with Crippen molar-refractivity contribution in [3.63, 3.8) is 0 Å². The molecular formula is C16H26N2O. The van der Waals surface area contributed by atoms with Gasteiger partial charge in [0, 0.05) is 12.6 Å². The fourth-order valence-corrected chi connectivity index (χ4v) is 2.98. The van der Waals surface area contributed by atoms with Crippen LogP contribution in [0.25, 0.3) is 0 Å². The van der Waals surface area contributed by atoms with Crippen molar-refractivity contribution in [3.05, 3.63) is 23.7 Å². The Morgan fingerprint density at radius 1 is 1.26 bits per heavy atom. The van der Waals surface area contributed by atoms with E-state index in [1.54, 1.807) is 0 Å². The minimum absolute atomic E-state index is 0.751. The standard InChI is InChI=1S/C16H26N2O/c1-2-13-4-3-9-18(11-13)12-16-8-7-15(19-16)10-17-14-5-6-14/h7-8,13-14,17H,2-6,9-12H2,1H3. The predicted octanol–water partition coefficient (Wildman–Crippen LogP) is 3.15. The lowest BCUT2D eigenvalue weighted by atomic mass is 9.96. The van der Waals surface area contributed by atoms with Crippen LogP contribution in [-0.2, 0) is 13.1 Å². The van der Waals surface area contributed by atoms with Gasteiger partial charge in [-0.3, -0.25) is 4.90 Å². The molecule has 0 radical (unpaired) electrons. The zero-order valence-corrected chi connectivity index (χ0v) is 12.0. The third kappa shape index (κ3) is 3.83. The Morgan fingerprint density at radius 3 is 2.89 bits per heavy atom. The van der Waals surface area contributed by atoms with Crippen LogP contribution in [0.2, 0.25) is 0 Å². The molecular weight excluding hydrogens is 236 g/mol. The fourth-order valence-electron chi connectivity index (χ4n) is 2.98. The fraction of sp³-hybridized carbons (Fsp3) is 0.750. The summed E-state index contributed by atoms with van der Waals surface area (Å²) >= 11 is 0. The first kappa shape index (κ1) is 13.2. The van der Waals surface area contributed by atoms with Crippen LogP contribution in [-0.4, -0.2) is 24.0 Å². The smallest absolute Gasteiger partial charge is 0.118 e. The molecule has 3 rings (SSSR count). The maximum absolute atomic E-state index is 5.93. The van der Waals surface area contributed by atoms with Gasteiger partial charge in [-0.2, -0.15) is 0 Å². The molecule has 1 aromatic rings. The van der Waals surface area contributed by atoms with Crippen molar-refractivity contribution in [1.82, 2.24) is 10.2 Å². The summed E-state index contributed by atoms with van der Waals surface area (Å²) in [5, 5.41) is 3.50. The van der Waals surface area contributed by atoms with Crippen LogP contribution in [0, 0.1) is 5.92 Å². The highest BCUT2D eigenvalue weighted by Gasteiger charge is 2.21. The molecule has 2 heterocycles. The van der Waals surface area contributed by atoms with Gasteiger partial charge in [-0.25, -0.2) is 0 Å². The zero-order valence-electron chi connectivity index (χ0n) is 12.0. The lowest BCUT2D eigenvalue weighted by Gasteiger charge is -2.31. The van der Waals surface area contributed by atoms with Crippen LogP contribution in [0.4, 0.5) is 0 Å². The van der Waals surface area contributed by atoms with Gasteiger partial charge in [0.2, 0.25) is 0 Å². The van der Waals surface area contributed by atoms with Crippen LogP contribution in [0.5, 0.6) is 0 Å². The summed E-state index contributed by atoms with van der Waals surface area (Å²) in [5.41, 5.74) is 0. The van der Waals surface area contributed by atoms with Crippen molar-refractivity contribution in [2.24, 2.45) is 5.92 Å². The number of nitrogens with zero attached hydrogens (tertiary/aromatic N) is 1. The number of piperidine rings is 1. The van der Waals surface area contributed by atoms with Crippen LogP contribution in [0.3, 0.4) is 0 Å². The minimum Gasteiger partial charge on any atom is -0.463 e. The molecule has 1 N–H and O–H groups in total. The lowest BCUT2D eigenvalue weighted by molar-refractivity contribution is 0.153. The van der Waals surface area contributed by atoms with Crippen molar-refractivity contribution in [2.45, 2.75) is 58.2 Å². The first-order valence-electron chi connectivity index (χ1n) is 7.87. The molecule has 106 valence electrons. The Morgan fingerprint density at radius 2 is 2.11 bits per heavy atom. The molecule has 1 saturated heterocycles. The molecule has 3 nitrogen and oxygen atoms in total. The SMILES string of the molecule is CCC1CCCN(Cc2ccc(CNC3CC3)o2)C1. The zero-order chi connectivity index (χ0) is 13.1. The Balaban J connectivity index is 1.48. The van der Waals surface area contributed by atoms with Crippen LogP contribution < -0.4 is 5.32 Å². The molecule has 0 amide bonds. The van der Waals surface area contributed by atoms with E-state index in [0.29, 0.717) is 0 Å². The van der Waals surface area contributed by atoms with Crippen LogP contribution in [0.1, 0.15) is 50.5 Å². The quantitative estimate of drug-likeness (QED) is 0.853. The Hall–Kier alpha value is -0.800. The Bertz CT molecular complexity index is 397. The second-order valence-electron chi connectivity index (χ2n) is 6.17. The summed E-state index contributed by atoms with van der Waals surface area (Å²) < 4.78 is 5.93. The van der Waals surface area contributed by atoms with Crippen molar-refractivity contribution in [2.75, 3.05) is 13.1 Å². The van der Waals surface area contributed by atoms with E-state index < -0.39 is 0 Å². The summed E-state index contributed by atoms with van der Waals surface area (Å²) in [5.74, 6) is 3.11. The molecule has 1 aromatic heterocycles. The van der Waals surface area contributed by atoms with Gasteiger partial charge in [0.25, 0.3) is 0 Å². The molecule has 1 saturated carbocycles. The number of rotatable bonds is 6. The summed E-state index contributed by atoms with van der Waals surface area (Å²) in [7, 11) is 0. The molecule has 1 aliphatic carbocycles. The second kappa shape index (κ2) is 6.10. The van der Waals surface area contributed by atoms with Crippen molar-refractivity contribution < 1.29 is 4.42 Å². The molecule has 0 bridgehead atoms. The molecule has 19 heavy (non-hydrogen) atoms. The first-order valence-corrected chi connectivity index (χ1v) is 7.87. The van der Waals surface area contributed by atoms with Gasteiger partial charge in [0.1, 0.15) is 11.5 Å². The molecule has 2 aliphatic rings. The van der Waals surface area contributed by atoms with E-state index in [1.165, 1.54) is 45.2 Å². The first-order chi connectivity index (χ1) is 9.33. The Kier molecular flexibility index (Phi) is 4.24. The molecule has 0 aromatic carbocycles. The topological polar surface area (TPSA) is 28.4 Å². The maximum Gasteiger partial charge on any atom is 0.118 e. The predicted molar refractivity (Wildman–Crippen MR) is 76.9 cm³/mol. The summed E-state index contributed by atoms with van der Waals surface area (Å²) in [6, 6.07) is 5.03. The molecule has 1 atom stereocenters. The van der Waals surface area contributed by atoms with Gasteiger partial charge < -0.3 is 9.73 Å². The maximum atomic E-state index is 5.93. The normalized spacial score (nSPS) is 24.8. The van der Waals surface area contributed by atoms with Gasteiger partial charge in [-0.1, -0.05) is 13.3 Å². The van der Waals surface area contributed by atoms with E-state index in [1.807, 2.05) is 0 Å². The van der Waals surface area contributed by atoms with Crippen molar-refractivity contribution in [3.8, 4) is 0 Å². The van der Waals surface area contributed by atoms with Crippen LogP contribution in [0.15, 0.2) is 16.5 Å². The lowest BCUT2D eigenvalue weighted by Crippen LogP contribution is -2.34. The number of hydrogen-bond acceptors (Lipinski definition) is 3. The van der Waals surface area contributed by atoms with E-state index in [0.717, 1.165) is 36.6 Å². The molecule has 1 unspecified atom stereocenters. The molecule has 0 spiro atoms. The third-order valence-electron chi connectivity index (χ3n) is 4.42. The monoisotopic (exact) mass is 262 g/mol. The average Bonchev–Trinajstić information content (AvgIpc) is 3.17. The van der Waals surface area contributed by atoms with Crippen LogP contribution >= 0.6 is 0 Å². The van der Waals surface area contributed by atoms with E-state index >= 15 is 0 Å². The van der Waals surface area contributed by atoms with E-state index in [2.05, 4.69) is 29.3 Å². The minimum atomic E-state index is 0.751. The molecule has 2 fully saturated rings. The summed E-state index contributed by atoms with van der Waals surface area (Å²) in [6.45, 7) is 6.66. The van der Waals surface area contributed by atoms with E-state index in [9.17, 15) is 0 Å². The third-order valence-corrected chi connectivity index (χ3v) is 4.42. The largest absolute Gasteiger partial charge is 0.463 e. The number of furan rings is 1. The second-order valence-corrected chi connectivity index (χ2v) is 6.17. The van der Waals surface area contributed by atoms with E-state index in [-0.39, 0.29) is 0 Å².